The quantitative estimate of drug-likeness (QED) is 0.803. The van der Waals surface area contributed by atoms with Gasteiger partial charge in [0.15, 0.2) is 11.5 Å². The van der Waals surface area contributed by atoms with Crippen LogP contribution in [0.5, 0.6) is 17.2 Å². The first-order valence-corrected chi connectivity index (χ1v) is 9.27. The van der Waals surface area contributed by atoms with E-state index in [1.54, 1.807) is 33.5 Å². The molecule has 144 valence electrons. The molecule has 1 N–H and O–H groups in total. The summed E-state index contributed by atoms with van der Waals surface area (Å²) < 4.78 is 16.2. The number of nitrogens with one attached hydrogen (secondary N) is 1. The molecule has 0 aromatic heterocycles. The smallest absolute Gasteiger partial charge is 0.255 e. The minimum absolute atomic E-state index is 0.0861. The standard InChI is InChI=1S/C22H27NO4/c1-25-18-9-5-4-8-17(18)21(24)23-15-22(12-6-7-13-22)16-10-11-19(26-2)20(14-16)27-3/h4-5,8-11,14H,6-7,12-13,15H2,1-3H3,(H,23,24). The second kappa shape index (κ2) is 8.33. The van der Waals surface area contributed by atoms with E-state index in [4.69, 9.17) is 14.2 Å². The van der Waals surface area contributed by atoms with Gasteiger partial charge in [0, 0.05) is 12.0 Å². The molecular weight excluding hydrogens is 342 g/mol. The van der Waals surface area contributed by atoms with Crippen molar-refractivity contribution in [3.63, 3.8) is 0 Å². The fraction of sp³-hybridized carbons (Fsp3) is 0.409. The van der Waals surface area contributed by atoms with Gasteiger partial charge in [-0.05, 0) is 42.7 Å². The fourth-order valence-corrected chi connectivity index (χ4v) is 3.96. The lowest BCUT2D eigenvalue weighted by molar-refractivity contribution is 0.0940. The average molecular weight is 369 g/mol. The molecule has 0 heterocycles. The zero-order chi connectivity index (χ0) is 19.3. The highest BCUT2D eigenvalue weighted by atomic mass is 16.5. The van der Waals surface area contributed by atoms with Crippen LogP contribution >= 0.6 is 0 Å². The Morgan fingerprint density at radius 1 is 0.926 bits per heavy atom. The molecule has 5 heteroatoms. The predicted molar refractivity (Wildman–Crippen MR) is 105 cm³/mol. The molecule has 1 saturated carbocycles. The molecule has 0 radical (unpaired) electrons. The summed E-state index contributed by atoms with van der Waals surface area (Å²) in [7, 11) is 4.86. The minimum atomic E-state index is -0.112. The predicted octanol–water partition coefficient (Wildman–Crippen LogP) is 3.95. The second-order valence-electron chi connectivity index (χ2n) is 6.94. The highest BCUT2D eigenvalue weighted by Gasteiger charge is 2.36. The lowest BCUT2D eigenvalue weighted by Gasteiger charge is -2.30. The molecule has 1 aliphatic rings. The highest BCUT2D eigenvalue weighted by molar-refractivity contribution is 5.96. The van der Waals surface area contributed by atoms with Crippen molar-refractivity contribution in [3.05, 3.63) is 53.6 Å². The van der Waals surface area contributed by atoms with Gasteiger partial charge >= 0.3 is 0 Å². The van der Waals surface area contributed by atoms with Gasteiger partial charge in [-0.25, -0.2) is 0 Å². The Bertz CT molecular complexity index is 797. The topological polar surface area (TPSA) is 56.8 Å². The summed E-state index contributed by atoms with van der Waals surface area (Å²) in [6.07, 6.45) is 4.38. The Labute approximate surface area is 160 Å². The van der Waals surface area contributed by atoms with Gasteiger partial charge in [0.25, 0.3) is 5.91 Å². The van der Waals surface area contributed by atoms with E-state index in [0.717, 1.165) is 31.4 Å². The average Bonchev–Trinajstić information content (AvgIpc) is 3.21. The molecule has 0 aliphatic heterocycles. The molecule has 27 heavy (non-hydrogen) atoms. The van der Waals surface area contributed by atoms with E-state index < -0.39 is 0 Å². The molecule has 0 bridgehead atoms. The van der Waals surface area contributed by atoms with Crippen LogP contribution in [0.1, 0.15) is 41.6 Å². The summed E-state index contributed by atoms with van der Waals surface area (Å²) in [6, 6.07) is 13.4. The summed E-state index contributed by atoms with van der Waals surface area (Å²) in [5.41, 5.74) is 1.65. The number of benzene rings is 2. The largest absolute Gasteiger partial charge is 0.496 e. The normalized spacial score (nSPS) is 15.2. The van der Waals surface area contributed by atoms with Crippen LogP contribution in [-0.4, -0.2) is 33.8 Å². The van der Waals surface area contributed by atoms with Gasteiger partial charge in [-0.3, -0.25) is 4.79 Å². The number of amides is 1. The molecule has 0 saturated heterocycles. The molecule has 3 rings (SSSR count). The monoisotopic (exact) mass is 369 g/mol. The molecule has 0 unspecified atom stereocenters. The zero-order valence-electron chi connectivity index (χ0n) is 16.2. The zero-order valence-corrected chi connectivity index (χ0v) is 16.2. The molecule has 1 amide bonds. The maximum atomic E-state index is 12.7. The summed E-state index contributed by atoms with van der Waals surface area (Å²) in [6.45, 7) is 0.583. The number of carbonyl (C=O) groups is 1. The van der Waals surface area contributed by atoms with Crippen molar-refractivity contribution >= 4 is 5.91 Å². The number of hydrogen-bond donors (Lipinski definition) is 1. The molecule has 5 nitrogen and oxygen atoms in total. The van der Waals surface area contributed by atoms with Gasteiger partial charge in [0.1, 0.15) is 5.75 Å². The van der Waals surface area contributed by atoms with Crippen molar-refractivity contribution in [2.75, 3.05) is 27.9 Å². The van der Waals surface area contributed by atoms with Crippen LogP contribution in [0.2, 0.25) is 0 Å². The Morgan fingerprint density at radius 2 is 1.59 bits per heavy atom. The first-order chi connectivity index (χ1) is 13.1. The van der Waals surface area contributed by atoms with Crippen molar-refractivity contribution in [1.29, 1.82) is 0 Å². The Balaban J connectivity index is 1.83. The highest BCUT2D eigenvalue weighted by Crippen LogP contribution is 2.43. The molecule has 0 atom stereocenters. The van der Waals surface area contributed by atoms with Crippen molar-refractivity contribution in [2.24, 2.45) is 0 Å². The Hall–Kier alpha value is -2.69. The lowest BCUT2D eigenvalue weighted by Crippen LogP contribution is -2.39. The molecule has 2 aromatic carbocycles. The van der Waals surface area contributed by atoms with E-state index in [1.165, 1.54) is 5.56 Å². The van der Waals surface area contributed by atoms with Crippen LogP contribution in [-0.2, 0) is 5.41 Å². The van der Waals surface area contributed by atoms with E-state index >= 15 is 0 Å². The van der Waals surface area contributed by atoms with Gasteiger partial charge in [-0.2, -0.15) is 0 Å². The van der Waals surface area contributed by atoms with Crippen molar-refractivity contribution in [3.8, 4) is 17.2 Å². The van der Waals surface area contributed by atoms with Crippen LogP contribution < -0.4 is 19.5 Å². The summed E-state index contributed by atoms with van der Waals surface area (Å²) in [4.78, 5) is 12.7. The van der Waals surface area contributed by atoms with Crippen LogP contribution in [0.4, 0.5) is 0 Å². The summed E-state index contributed by atoms with van der Waals surface area (Å²) in [5.74, 6) is 1.91. The SMILES string of the molecule is COc1ccc(C2(CNC(=O)c3ccccc3OC)CCCC2)cc1OC. The van der Waals surface area contributed by atoms with E-state index in [-0.39, 0.29) is 11.3 Å². The number of carbonyl (C=O) groups excluding carboxylic acids is 1. The molecule has 1 fully saturated rings. The van der Waals surface area contributed by atoms with Crippen molar-refractivity contribution < 1.29 is 19.0 Å². The third-order valence-electron chi connectivity index (χ3n) is 5.50. The number of rotatable bonds is 7. The first-order valence-electron chi connectivity index (χ1n) is 9.27. The van der Waals surface area contributed by atoms with Gasteiger partial charge in [-0.15, -0.1) is 0 Å². The van der Waals surface area contributed by atoms with Crippen LogP contribution in [0.3, 0.4) is 0 Å². The third kappa shape index (κ3) is 3.87. The molecular formula is C22H27NO4. The molecule has 0 spiro atoms. The van der Waals surface area contributed by atoms with Gasteiger partial charge < -0.3 is 19.5 Å². The number of hydrogen-bond acceptors (Lipinski definition) is 4. The number of ether oxygens (including phenoxy) is 3. The van der Waals surface area contributed by atoms with Crippen LogP contribution in [0.25, 0.3) is 0 Å². The number of para-hydroxylation sites is 1. The second-order valence-corrected chi connectivity index (χ2v) is 6.94. The maximum absolute atomic E-state index is 12.7. The van der Waals surface area contributed by atoms with Gasteiger partial charge in [0.2, 0.25) is 0 Å². The Kier molecular flexibility index (Phi) is 5.89. The summed E-state index contributed by atoms with van der Waals surface area (Å²) >= 11 is 0. The Morgan fingerprint density at radius 3 is 2.26 bits per heavy atom. The van der Waals surface area contributed by atoms with Crippen LogP contribution in [0.15, 0.2) is 42.5 Å². The maximum Gasteiger partial charge on any atom is 0.255 e. The first kappa shape index (κ1) is 19.1. The van der Waals surface area contributed by atoms with E-state index in [9.17, 15) is 4.79 Å². The van der Waals surface area contributed by atoms with Gasteiger partial charge in [0.05, 0.1) is 26.9 Å². The van der Waals surface area contributed by atoms with Crippen molar-refractivity contribution in [2.45, 2.75) is 31.1 Å². The number of methoxy groups -OCH3 is 3. The molecule has 2 aromatic rings. The van der Waals surface area contributed by atoms with Gasteiger partial charge in [-0.1, -0.05) is 31.0 Å². The van der Waals surface area contributed by atoms with Crippen molar-refractivity contribution in [1.82, 2.24) is 5.32 Å². The molecule has 1 aliphatic carbocycles. The fourth-order valence-electron chi connectivity index (χ4n) is 3.96. The lowest BCUT2D eigenvalue weighted by atomic mass is 9.78. The van der Waals surface area contributed by atoms with E-state index in [0.29, 0.717) is 23.6 Å². The third-order valence-corrected chi connectivity index (χ3v) is 5.50. The summed E-state index contributed by atoms with van der Waals surface area (Å²) in [5, 5.41) is 3.13. The minimum Gasteiger partial charge on any atom is -0.496 e. The van der Waals surface area contributed by atoms with E-state index in [1.807, 2.05) is 24.3 Å². The van der Waals surface area contributed by atoms with Crippen LogP contribution in [0, 0.1) is 0 Å². The van der Waals surface area contributed by atoms with E-state index in [2.05, 4.69) is 11.4 Å².